The van der Waals surface area contributed by atoms with Crippen LogP contribution in [0, 0.1) is 0 Å². The maximum atomic E-state index is 12.8. The van der Waals surface area contributed by atoms with Crippen LogP contribution in [0.25, 0.3) is 22.1 Å². The number of hydrogen-bond acceptors (Lipinski definition) is 4. The fourth-order valence-corrected chi connectivity index (χ4v) is 3.40. The zero-order chi connectivity index (χ0) is 19.1. The van der Waals surface area contributed by atoms with Crippen LogP contribution in [0.2, 0.25) is 10.0 Å². The van der Waals surface area contributed by atoms with Gasteiger partial charge in [-0.25, -0.2) is 4.98 Å². The monoisotopic (exact) mass is 401 g/mol. The molecular weight excluding hydrogens is 389 g/mol. The van der Waals surface area contributed by atoms with Crippen molar-refractivity contribution in [3.63, 3.8) is 0 Å². The molecule has 27 heavy (non-hydrogen) atoms. The van der Waals surface area contributed by atoms with Gasteiger partial charge in [0.15, 0.2) is 0 Å². The summed E-state index contributed by atoms with van der Waals surface area (Å²) in [5, 5.41) is 4.24. The van der Waals surface area contributed by atoms with Crippen LogP contribution in [0.15, 0.2) is 58.0 Å². The number of para-hydroxylation sites is 1. The molecule has 136 valence electrons. The third kappa shape index (κ3) is 3.18. The molecule has 8 heteroatoms. The van der Waals surface area contributed by atoms with E-state index in [4.69, 9.17) is 27.6 Å². The summed E-state index contributed by atoms with van der Waals surface area (Å²) in [4.78, 5) is 29.7. The highest BCUT2D eigenvalue weighted by atomic mass is 35.5. The predicted molar refractivity (Wildman–Crippen MR) is 106 cm³/mol. The summed E-state index contributed by atoms with van der Waals surface area (Å²) in [5.74, 6) is -0.410. The lowest BCUT2D eigenvalue weighted by Crippen LogP contribution is -2.31. The summed E-state index contributed by atoms with van der Waals surface area (Å²) in [7, 11) is 0. The average Bonchev–Trinajstić information content (AvgIpc) is 3.00. The molecule has 0 fully saturated rings. The first-order chi connectivity index (χ1) is 12.9. The van der Waals surface area contributed by atoms with E-state index in [1.165, 1.54) is 10.9 Å². The smallest absolute Gasteiger partial charge is 0.297 e. The minimum atomic E-state index is -0.819. The second kappa shape index (κ2) is 6.72. The molecule has 2 aromatic carbocycles. The van der Waals surface area contributed by atoms with Gasteiger partial charge in [-0.15, -0.1) is 0 Å². The van der Waals surface area contributed by atoms with Crippen molar-refractivity contribution in [2.75, 3.05) is 5.32 Å². The maximum Gasteiger partial charge on any atom is 0.297 e. The van der Waals surface area contributed by atoms with Crippen LogP contribution < -0.4 is 10.9 Å². The molecule has 1 atom stereocenters. The van der Waals surface area contributed by atoms with Crippen molar-refractivity contribution < 1.29 is 9.21 Å². The Kier molecular flexibility index (Phi) is 4.37. The Bertz CT molecular complexity index is 1230. The van der Waals surface area contributed by atoms with Gasteiger partial charge in [0, 0.05) is 21.1 Å². The molecule has 0 spiro atoms. The Hall–Kier alpha value is -2.83. The van der Waals surface area contributed by atoms with Gasteiger partial charge >= 0.3 is 0 Å². The van der Waals surface area contributed by atoms with Crippen molar-refractivity contribution in [3.05, 3.63) is 69.2 Å². The number of carbonyl (C=O) groups is 1. The number of amides is 1. The van der Waals surface area contributed by atoms with Crippen LogP contribution in [0.1, 0.15) is 13.0 Å². The molecule has 0 radical (unpaired) electrons. The van der Waals surface area contributed by atoms with Crippen molar-refractivity contribution >= 4 is 56.9 Å². The fourth-order valence-electron chi connectivity index (χ4n) is 2.87. The van der Waals surface area contributed by atoms with E-state index in [2.05, 4.69) is 10.3 Å². The largest absolute Gasteiger partial charge is 0.448 e. The molecule has 4 rings (SSSR count). The average molecular weight is 402 g/mol. The number of nitrogens with zero attached hydrogens (tertiary/aromatic N) is 2. The minimum Gasteiger partial charge on any atom is -0.448 e. The maximum absolute atomic E-state index is 12.8. The summed E-state index contributed by atoms with van der Waals surface area (Å²) in [6, 6.07) is 11.1. The van der Waals surface area contributed by atoms with Crippen molar-refractivity contribution in [3.8, 4) is 0 Å². The van der Waals surface area contributed by atoms with Crippen LogP contribution >= 0.6 is 23.2 Å². The zero-order valence-corrected chi connectivity index (χ0v) is 15.6. The van der Waals surface area contributed by atoms with Gasteiger partial charge in [0.05, 0.1) is 6.33 Å². The summed E-state index contributed by atoms with van der Waals surface area (Å²) < 4.78 is 6.87. The summed E-state index contributed by atoms with van der Waals surface area (Å²) in [5.41, 5.74) is 1.17. The molecule has 1 N–H and O–H groups in total. The molecule has 0 aliphatic heterocycles. The van der Waals surface area contributed by atoms with Gasteiger partial charge in [0.1, 0.15) is 17.1 Å². The number of aromatic nitrogens is 2. The number of halogens is 2. The highest BCUT2D eigenvalue weighted by molar-refractivity contribution is 6.35. The van der Waals surface area contributed by atoms with Crippen LogP contribution in [0.3, 0.4) is 0 Å². The summed E-state index contributed by atoms with van der Waals surface area (Å²) in [6.07, 6.45) is 1.35. The highest BCUT2D eigenvalue weighted by Crippen LogP contribution is 2.25. The SMILES string of the molecule is CC(C(=O)Nc1cc(Cl)cc(Cl)c1)n1cnc2c(oc3ccccc32)c1=O. The first-order valence-electron chi connectivity index (χ1n) is 8.09. The van der Waals surface area contributed by atoms with Gasteiger partial charge in [-0.1, -0.05) is 35.3 Å². The number of carbonyl (C=O) groups excluding carboxylic acids is 1. The van der Waals surface area contributed by atoms with Crippen LogP contribution in [-0.4, -0.2) is 15.5 Å². The van der Waals surface area contributed by atoms with Crippen LogP contribution in [-0.2, 0) is 4.79 Å². The van der Waals surface area contributed by atoms with E-state index in [1.54, 1.807) is 31.2 Å². The molecule has 4 aromatic rings. The Balaban J connectivity index is 1.70. The molecule has 1 amide bonds. The Morgan fingerprint density at radius 2 is 1.89 bits per heavy atom. The van der Waals surface area contributed by atoms with Crippen molar-refractivity contribution in [2.24, 2.45) is 0 Å². The molecule has 2 heterocycles. The van der Waals surface area contributed by atoms with Gasteiger partial charge in [-0.2, -0.15) is 0 Å². The minimum absolute atomic E-state index is 0.115. The Morgan fingerprint density at radius 3 is 2.63 bits per heavy atom. The van der Waals surface area contributed by atoms with E-state index in [-0.39, 0.29) is 5.58 Å². The van der Waals surface area contributed by atoms with E-state index < -0.39 is 17.5 Å². The van der Waals surface area contributed by atoms with E-state index in [9.17, 15) is 9.59 Å². The lowest BCUT2D eigenvalue weighted by molar-refractivity contribution is -0.118. The predicted octanol–water partition coefficient (Wildman–Crippen LogP) is 4.65. The number of nitrogens with one attached hydrogen (secondary N) is 1. The Labute approximate surface area is 163 Å². The molecule has 2 aromatic heterocycles. The second-order valence-corrected chi connectivity index (χ2v) is 6.93. The summed E-state index contributed by atoms with van der Waals surface area (Å²) >= 11 is 11.9. The number of anilines is 1. The molecular formula is C19H13Cl2N3O3. The first-order valence-corrected chi connectivity index (χ1v) is 8.85. The highest BCUT2D eigenvalue weighted by Gasteiger charge is 2.20. The molecule has 6 nitrogen and oxygen atoms in total. The Morgan fingerprint density at radius 1 is 1.19 bits per heavy atom. The van der Waals surface area contributed by atoms with Crippen LogP contribution in [0.5, 0.6) is 0 Å². The van der Waals surface area contributed by atoms with Gasteiger partial charge in [0.2, 0.25) is 11.5 Å². The van der Waals surface area contributed by atoms with Crippen molar-refractivity contribution in [1.29, 1.82) is 0 Å². The van der Waals surface area contributed by atoms with E-state index in [0.29, 0.717) is 26.8 Å². The van der Waals surface area contributed by atoms with Gasteiger partial charge in [-0.05, 0) is 37.3 Å². The van der Waals surface area contributed by atoms with E-state index >= 15 is 0 Å². The van der Waals surface area contributed by atoms with Gasteiger partial charge in [0.25, 0.3) is 5.56 Å². The molecule has 1 unspecified atom stereocenters. The molecule has 0 aliphatic rings. The van der Waals surface area contributed by atoms with Gasteiger partial charge in [-0.3, -0.25) is 14.2 Å². The summed E-state index contributed by atoms with van der Waals surface area (Å²) in [6.45, 7) is 1.60. The van der Waals surface area contributed by atoms with Crippen molar-refractivity contribution in [1.82, 2.24) is 9.55 Å². The molecule has 0 saturated heterocycles. The van der Waals surface area contributed by atoms with Gasteiger partial charge < -0.3 is 9.73 Å². The lowest BCUT2D eigenvalue weighted by atomic mass is 10.2. The lowest BCUT2D eigenvalue weighted by Gasteiger charge is -2.14. The number of rotatable bonds is 3. The second-order valence-electron chi connectivity index (χ2n) is 6.06. The number of benzene rings is 2. The first kappa shape index (κ1) is 17.6. The number of furan rings is 1. The standard InChI is InChI=1S/C19H13Cl2N3O3/c1-10(18(25)23-13-7-11(20)6-12(21)8-13)24-9-22-16-14-4-2-3-5-15(14)27-17(16)19(24)26/h2-10H,1H3,(H,23,25). The third-order valence-corrected chi connectivity index (χ3v) is 4.67. The number of hydrogen-bond donors (Lipinski definition) is 1. The fraction of sp³-hybridized carbons (Fsp3) is 0.105. The normalized spacial score (nSPS) is 12.4. The quantitative estimate of drug-likeness (QED) is 0.541. The van der Waals surface area contributed by atoms with E-state index in [1.807, 2.05) is 18.2 Å². The number of fused-ring (bicyclic) bond motifs is 3. The third-order valence-electron chi connectivity index (χ3n) is 4.24. The molecule has 0 bridgehead atoms. The molecule has 0 aliphatic carbocycles. The van der Waals surface area contributed by atoms with Crippen LogP contribution in [0.4, 0.5) is 5.69 Å². The van der Waals surface area contributed by atoms with Crippen molar-refractivity contribution in [2.45, 2.75) is 13.0 Å². The van der Waals surface area contributed by atoms with E-state index in [0.717, 1.165) is 5.39 Å². The topological polar surface area (TPSA) is 77.1 Å². The zero-order valence-electron chi connectivity index (χ0n) is 14.1. The molecule has 0 saturated carbocycles.